The number of fused-ring (bicyclic) bond motifs is 1. The maximum atomic E-state index is 12.4. The van der Waals surface area contributed by atoms with Crippen molar-refractivity contribution in [3.05, 3.63) is 53.0 Å². The Morgan fingerprint density at radius 2 is 1.92 bits per heavy atom. The third kappa shape index (κ3) is 3.42. The number of nitrogens with zero attached hydrogens (tertiary/aromatic N) is 3. The number of thiazole rings is 1. The minimum atomic E-state index is 0.0572. The van der Waals surface area contributed by atoms with Crippen LogP contribution in [0.5, 0.6) is 5.75 Å². The van der Waals surface area contributed by atoms with Crippen molar-refractivity contribution in [2.24, 2.45) is 0 Å². The molecule has 0 atom stereocenters. The maximum Gasteiger partial charge on any atom is 0.181 e. The van der Waals surface area contributed by atoms with Crippen LogP contribution in [0.15, 0.2) is 42.5 Å². The summed E-state index contributed by atoms with van der Waals surface area (Å²) in [5.41, 5.74) is 8.11. The van der Waals surface area contributed by atoms with Gasteiger partial charge in [-0.05, 0) is 29.8 Å². The molecule has 0 radical (unpaired) electrons. The summed E-state index contributed by atoms with van der Waals surface area (Å²) in [5, 5.41) is 19.8. The fraction of sp³-hybridized carbons (Fsp3) is 0.111. The quantitative estimate of drug-likeness (QED) is 0.548. The second-order valence-electron chi connectivity index (χ2n) is 5.76. The Labute approximate surface area is 157 Å². The van der Waals surface area contributed by atoms with Crippen molar-refractivity contribution >= 4 is 43.8 Å². The van der Waals surface area contributed by atoms with Crippen molar-refractivity contribution < 1.29 is 9.90 Å². The highest BCUT2D eigenvalue weighted by molar-refractivity contribution is 7.22. The van der Waals surface area contributed by atoms with Gasteiger partial charge >= 0.3 is 0 Å². The number of benzene rings is 2. The van der Waals surface area contributed by atoms with Gasteiger partial charge < -0.3 is 10.8 Å². The van der Waals surface area contributed by atoms with Gasteiger partial charge in [0.25, 0.3) is 0 Å². The number of aromatic hydroxyl groups is 1. The molecule has 6 nitrogen and oxygen atoms in total. The molecule has 0 bridgehead atoms. The van der Waals surface area contributed by atoms with Crippen molar-refractivity contribution in [3.8, 4) is 16.3 Å². The van der Waals surface area contributed by atoms with E-state index in [1.54, 1.807) is 18.2 Å². The van der Waals surface area contributed by atoms with Crippen molar-refractivity contribution in [2.45, 2.75) is 12.8 Å². The summed E-state index contributed by atoms with van der Waals surface area (Å²) in [4.78, 5) is 16.6. The van der Waals surface area contributed by atoms with Gasteiger partial charge in [0.15, 0.2) is 10.1 Å². The fourth-order valence-electron chi connectivity index (χ4n) is 2.64. The van der Waals surface area contributed by atoms with E-state index in [0.29, 0.717) is 27.1 Å². The third-order valence-electron chi connectivity index (χ3n) is 3.82. The Balaban J connectivity index is 1.47. The molecule has 0 fully saturated rings. The van der Waals surface area contributed by atoms with Crippen molar-refractivity contribution in [1.29, 1.82) is 0 Å². The van der Waals surface area contributed by atoms with Crippen LogP contribution in [0.4, 0.5) is 5.13 Å². The molecule has 0 amide bonds. The van der Waals surface area contributed by atoms with Crippen LogP contribution >= 0.6 is 22.7 Å². The molecular formula is C18H14N4O2S2. The molecule has 0 unspecified atom stereocenters. The van der Waals surface area contributed by atoms with Crippen LogP contribution in [0.1, 0.15) is 10.6 Å². The molecule has 130 valence electrons. The first-order chi connectivity index (χ1) is 12.6. The van der Waals surface area contributed by atoms with Gasteiger partial charge in [-0.15, -0.1) is 10.2 Å². The molecule has 2 aromatic heterocycles. The zero-order valence-electron chi connectivity index (χ0n) is 13.5. The number of ketones is 1. The molecular weight excluding hydrogens is 368 g/mol. The molecule has 0 spiro atoms. The second kappa shape index (κ2) is 6.81. The Hall–Kier alpha value is -2.84. The largest absolute Gasteiger partial charge is 0.507 e. The standard InChI is InChI=1S/C18H14N4O2S2/c19-18-20-13-6-5-10(8-15(13)25-18)7-11(23)9-16-21-22-17(26-16)12-3-1-2-4-14(12)24/h1-6,8,24H,7,9H2,(H2,19,20). The van der Waals surface area contributed by atoms with E-state index in [2.05, 4.69) is 15.2 Å². The number of hydrogen-bond donors (Lipinski definition) is 2. The average Bonchev–Trinajstić information content (AvgIpc) is 3.20. The van der Waals surface area contributed by atoms with Gasteiger partial charge in [-0.1, -0.05) is 40.9 Å². The molecule has 3 N–H and O–H groups in total. The monoisotopic (exact) mass is 382 g/mol. The molecule has 0 saturated heterocycles. The molecule has 0 saturated carbocycles. The number of phenolic OH excluding ortho intramolecular Hbond substituents is 1. The van der Waals surface area contributed by atoms with E-state index in [1.807, 2.05) is 24.3 Å². The van der Waals surface area contributed by atoms with Crippen LogP contribution < -0.4 is 5.73 Å². The SMILES string of the molecule is Nc1nc2ccc(CC(=O)Cc3nnc(-c4ccccc4O)s3)cc2s1. The lowest BCUT2D eigenvalue weighted by Crippen LogP contribution is -2.06. The molecule has 0 aliphatic heterocycles. The summed E-state index contributed by atoms with van der Waals surface area (Å²) < 4.78 is 0.977. The van der Waals surface area contributed by atoms with E-state index in [4.69, 9.17) is 5.73 Å². The van der Waals surface area contributed by atoms with Crippen LogP contribution in [0.2, 0.25) is 0 Å². The minimum Gasteiger partial charge on any atom is -0.507 e. The smallest absolute Gasteiger partial charge is 0.181 e. The number of carbonyl (C=O) groups excluding carboxylic acids is 1. The number of para-hydroxylation sites is 1. The van der Waals surface area contributed by atoms with E-state index in [-0.39, 0.29) is 18.0 Å². The number of phenols is 1. The van der Waals surface area contributed by atoms with Gasteiger partial charge in [0.05, 0.1) is 22.2 Å². The summed E-state index contributed by atoms with van der Waals surface area (Å²) in [6.45, 7) is 0. The summed E-state index contributed by atoms with van der Waals surface area (Å²) in [6, 6.07) is 12.7. The van der Waals surface area contributed by atoms with Gasteiger partial charge in [-0.3, -0.25) is 4.79 Å². The van der Waals surface area contributed by atoms with Crippen LogP contribution in [0.3, 0.4) is 0 Å². The maximum absolute atomic E-state index is 12.4. The number of hydrogen-bond acceptors (Lipinski definition) is 8. The first-order valence-corrected chi connectivity index (χ1v) is 9.49. The normalized spacial score (nSPS) is 11.1. The summed E-state index contributed by atoms with van der Waals surface area (Å²) in [6.07, 6.45) is 0.535. The predicted molar refractivity (Wildman–Crippen MR) is 103 cm³/mol. The number of nitrogens with two attached hydrogens (primary N) is 1. The minimum absolute atomic E-state index is 0.0572. The average molecular weight is 382 g/mol. The molecule has 4 rings (SSSR count). The molecule has 0 aliphatic rings. The van der Waals surface area contributed by atoms with Gasteiger partial charge in [-0.25, -0.2) is 4.98 Å². The number of carbonyl (C=O) groups is 1. The number of aromatic nitrogens is 3. The van der Waals surface area contributed by atoms with E-state index in [9.17, 15) is 9.90 Å². The molecule has 2 heterocycles. The number of anilines is 1. The summed E-state index contributed by atoms with van der Waals surface area (Å²) >= 11 is 2.73. The van der Waals surface area contributed by atoms with Crippen LogP contribution in [0.25, 0.3) is 20.8 Å². The van der Waals surface area contributed by atoms with Gasteiger partial charge in [-0.2, -0.15) is 0 Å². The zero-order chi connectivity index (χ0) is 18.1. The molecule has 4 aromatic rings. The number of nitrogen functional groups attached to an aromatic ring is 1. The Morgan fingerprint density at radius 1 is 1.08 bits per heavy atom. The van der Waals surface area contributed by atoms with E-state index in [0.717, 1.165) is 15.8 Å². The highest BCUT2D eigenvalue weighted by Gasteiger charge is 2.14. The lowest BCUT2D eigenvalue weighted by atomic mass is 10.1. The zero-order valence-corrected chi connectivity index (χ0v) is 15.2. The van der Waals surface area contributed by atoms with E-state index in [1.165, 1.54) is 22.7 Å². The number of Topliss-reactive ketones (excluding diaryl/α,β-unsaturated/α-hetero) is 1. The van der Waals surface area contributed by atoms with Crippen LogP contribution in [0, 0.1) is 0 Å². The Morgan fingerprint density at radius 3 is 2.77 bits per heavy atom. The fourth-order valence-corrected chi connectivity index (χ4v) is 4.34. The Kier molecular flexibility index (Phi) is 4.36. The van der Waals surface area contributed by atoms with Gasteiger partial charge in [0, 0.05) is 6.42 Å². The van der Waals surface area contributed by atoms with Crippen LogP contribution in [-0.4, -0.2) is 26.1 Å². The van der Waals surface area contributed by atoms with Gasteiger partial charge in [0.2, 0.25) is 0 Å². The van der Waals surface area contributed by atoms with Gasteiger partial charge in [0.1, 0.15) is 16.5 Å². The van der Waals surface area contributed by atoms with E-state index < -0.39 is 0 Å². The first kappa shape index (κ1) is 16.6. The van der Waals surface area contributed by atoms with Crippen molar-refractivity contribution in [1.82, 2.24) is 15.2 Å². The molecule has 0 aliphatic carbocycles. The second-order valence-corrected chi connectivity index (χ2v) is 7.89. The van der Waals surface area contributed by atoms with Crippen LogP contribution in [-0.2, 0) is 17.6 Å². The highest BCUT2D eigenvalue weighted by atomic mass is 32.1. The topological polar surface area (TPSA) is 102 Å². The lowest BCUT2D eigenvalue weighted by molar-refractivity contribution is -0.117. The summed E-state index contributed by atoms with van der Waals surface area (Å²) in [7, 11) is 0. The molecule has 26 heavy (non-hydrogen) atoms. The number of rotatable bonds is 5. The molecule has 2 aromatic carbocycles. The lowest BCUT2D eigenvalue weighted by Gasteiger charge is -2.00. The highest BCUT2D eigenvalue weighted by Crippen LogP contribution is 2.31. The summed E-state index contributed by atoms with van der Waals surface area (Å²) in [5.74, 6) is 0.209. The third-order valence-corrected chi connectivity index (χ3v) is 5.62. The molecule has 8 heteroatoms. The van der Waals surface area contributed by atoms with Crippen molar-refractivity contribution in [3.63, 3.8) is 0 Å². The first-order valence-electron chi connectivity index (χ1n) is 7.86. The Bertz CT molecular complexity index is 1100. The predicted octanol–water partition coefficient (Wildman–Crippen LogP) is 3.46. The van der Waals surface area contributed by atoms with E-state index >= 15 is 0 Å². The van der Waals surface area contributed by atoms with Crippen molar-refractivity contribution in [2.75, 3.05) is 5.73 Å².